The lowest BCUT2D eigenvalue weighted by molar-refractivity contribution is 0.342. The first-order chi connectivity index (χ1) is 9.83. The van der Waals surface area contributed by atoms with Gasteiger partial charge in [0.2, 0.25) is 0 Å². The van der Waals surface area contributed by atoms with Crippen LogP contribution in [0.5, 0.6) is 0 Å². The molecule has 0 spiro atoms. The van der Waals surface area contributed by atoms with Gasteiger partial charge in [0, 0.05) is 0 Å². The maximum absolute atomic E-state index is 8.36. The molecule has 20 heavy (non-hydrogen) atoms. The Morgan fingerprint density at radius 2 is 1.45 bits per heavy atom. The van der Waals surface area contributed by atoms with Gasteiger partial charge in [-0.15, -0.1) is 0 Å². The Bertz CT molecular complexity index is 249. The largest absolute Gasteiger partial charge is 0.516 e. The van der Waals surface area contributed by atoms with Crippen LogP contribution in [-0.2, 0) is 0 Å². The van der Waals surface area contributed by atoms with Crippen LogP contribution in [0.4, 0.5) is 0 Å². The van der Waals surface area contributed by atoms with E-state index >= 15 is 0 Å². The van der Waals surface area contributed by atoms with E-state index < -0.39 is 0 Å². The molecule has 0 rings (SSSR count). The normalized spacial score (nSPS) is 11.8. The highest BCUT2D eigenvalue weighted by Crippen LogP contribution is 1.99. The zero-order valence-corrected chi connectivity index (χ0v) is 13.2. The van der Waals surface area contributed by atoms with Gasteiger partial charge in [-0.3, -0.25) is 0 Å². The summed E-state index contributed by atoms with van der Waals surface area (Å²) < 4.78 is 0. The second-order valence-corrected chi connectivity index (χ2v) is 4.38. The van der Waals surface area contributed by atoms with Gasteiger partial charge < -0.3 is 10.2 Å². The van der Waals surface area contributed by atoms with Gasteiger partial charge in [-0.05, 0) is 38.2 Å². The lowest BCUT2D eigenvalue weighted by Crippen LogP contribution is -1.70. The minimum absolute atomic E-state index is 0.164. The van der Waals surface area contributed by atoms with Crippen molar-refractivity contribution in [2.75, 3.05) is 6.61 Å². The van der Waals surface area contributed by atoms with Crippen LogP contribution in [0.15, 0.2) is 48.8 Å². The molecule has 116 valence electrons. The molecule has 0 heterocycles. The minimum atomic E-state index is 0.164. The number of rotatable bonds is 10. The Balaban J connectivity index is 0. The van der Waals surface area contributed by atoms with Crippen molar-refractivity contribution in [1.29, 1.82) is 0 Å². The highest BCUT2D eigenvalue weighted by Gasteiger charge is 1.79. The monoisotopic (exact) mass is 280 g/mol. The van der Waals surface area contributed by atoms with Crippen molar-refractivity contribution in [3.8, 4) is 0 Å². The fourth-order valence-electron chi connectivity index (χ4n) is 1.41. The van der Waals surface area contributed by atoms with Gasteiger partial charge in [-0.1, -0.05) is 63.1 Å². The van der Waals surface area contributed by atoms with Crippen molar-refractivity contribution in [3.05, 3.63) is 48.8 Å². The SMILES string of the molecule is CCC=CCCC=CCO.CCCCCC=CC=CO. The molecule has 0 saturated carbocycles. The standard InChI is InChI=1S/2C9H16O/c2*1-2-3-4-5-6-7-8-9-10/h6-10H,2-5H2,1H3;3-4,7-8,10H,2,5-6,9H2,1H3. The molecular formula is C18H32O2. The summed E-state index contributed by atoms with van der Waals surface area (Å²) in [6.45, 7) is 4.48. The van der Waals surface area contributed by atoms with Crippen LogP contribution in [0.3, 0.4) is 0 Å². The van der Waals surface area contributed by atoms with Gasteiger partial charge in [0.1, 0.15) is 0 Å². The third-order valence-corrected chi connectivity index (χ3v) is 2.48. The Kier molecular flexibility index (Phi) is 24.0. The Hall–Kier alpha value is -1.28. The number of hydrogen-bond donors (Lipinski definition) is 2. The minimum Gasteiger partial charge on any atom is -0.516 e. The molecule has 0 bridgehead atoms. The summed E-state index contributed by atoms with van der Waals surface area (Å²) in [7, 11) is 0. The predicted molar refractivity (Wildman–Crippen MR) is 89.9 cm³/mol. The number of unbranched alkanes of at least 4 members (excludes halogenated alkanes) is 4. The second kappa shape index (κ2) is 22.9. The molecule has 0 fully saturated rings. The molecule has 0 atom stereocenters. The van der Waals surface area contributed by atoms with Crippen molar-refractivity contribution >= 4 is 0 Å². The van der Waals surface area contributed by atoms with Crippen molar-refractivity contribution in [2.24, 2.45) is 0 Å². The maximum atomic E-state index is 8.36. The molecule has 2 heteroatoms. The first-order valence-electron chi connectivity index (χ1n) is 7.70. The van der Waals surface area contributed by atoms with Crippen LogP contribution in [-0.4, -0.2) is 16.8 Å². The molecule has 2 N–H and O–H groups in total. The van der Waals surface area contributed by atoms with Crippen molar-refractivity contribution < 1.29 is 10.2 Å². The summed E-state index contributed by atoms with van der Waals surface area (Å²) in [5.41, 5.74) is 0. The van der Waals surface area contributed by atoms with Crippen LogP contribution in [0.25, 0.3) is 0 Å². The van der Waals surface area contributed by atoms with Gasteiger partial charge in [0.25, 0.3) is 0 Å². The molecular weight excluding hydrogens is 248 g/mol. The number of hydrogen-bond acceptors (Lipinski definition) is 2. The van der Waals surface area contributed by atoms with Crippen LogP contribution >= 0.6 is 0 Å². The molecule has 0 aliphatic heterocycles. The number of aliphatic hydroxyl groups is 2. The summed E-state index contributed by atoms with van der Waals surface area (Å²) in [6, 6.07) is 0. The quantitative estimate of drug-likeness (QED) is 0.241. The topological polar surface area (TPSA) is 40.5 Å². The molecule has 0 unspecified atom stereocenters. The number of allylic oxidation sites excluding steroid dienone is 6. The third-order valence-electron chi connectivity index (χ3n) is 2.48. The van der Waals surface area contributed by atoms with Gasteiger partial charge >= 0.3 is 0 Å². The van der Waals surface area contributed by atoms with Crippen LogP contribution < -0.4 is 0 Å². The van der Waals surface area contributed by atoms with Gasteiger partial charge in [0.15, 0.2) is 0 Å². The second-order valence-electron chi connectivity index (χ2n) is 4.38. The summed E-state index contributed by atoms with van der Waals surface area (Å²) in [6.07, 6.45) is 22.9. The maximum Gasteiger partial charge on any atom is 0.0791 e. The van der Waals surface area contributed by atoms with E-state index in [0.717, 1.165) is 31.9 Å². The van der Waals surface area contributed by atoms with E-state index in [-0.39, 0.29) is 6.61 Å². The lowest BCUT2D eigenvalue weighted by atomic mass is 10.2. The Morgan fingerprint density at radius 1 is 0.750 bits per heavy atom. The molecule has 0 amide bonds. The Labute approximate surface area is 125 Å². The molecule has 2 nitrogen and oxygen atoms in total. The zero-order chi connectivity index (χ0) is 15.3. The van der Waals surface area contributed by atoms with Crippen molar-refractivity contribution in [2.45, 2.75) is 58.8 Å². The van der Waals surface area contributed by atoms with Gasteiger partial charge in [-0.2, -0.15) is 0 Å². The summed E-state index contributed by atoms with van der Waals surface area (Å²) in [5.74, 6) is 0. The predicted octanol–water partition coefficient (Wildman–Crippen LogP) is 5.48. The van der Waals surface area contributed by atoms with Crippen LogP contribution in [0, 0.1) is 0 Å². The van der Waals surface area contributed by atoms with Crippen LogP contribution in [0.2, 0.25) is 0 Å². The van der Waals surface area contributed by atoms with E-state index in [0.29, 0.717) is 0 Å². The summed E-state index contributed by atoms with van der Waals surface area (Å²) in [4.78, 5) is 0. The Morgan fingerprint density at radius 3 is 2.00 bits per heavy atom. The molecule has 0 aromatic carbocycles. The van der Waals surface area contributed by atoms with Crippen molar-refractivity contribution in [1.82, 2.24) is 0 Å². The smallest absolute Gasteiger partial charge is 0.0791 e. The average molecular weight is 280 g/mol. The van der Waals surface area contributed by atoms with E-state index in [1.54, 1.807) is 12.2 Å². The summed E-state index contributed by atoms with van der Waals surface area (Å²) in [5, 5.41) is 16.6. The molecule has 0 aliphatic carbocycles. The van der Waals surface area contributed by atoms with Gasteiger partial charge in [0.05, 0.1) is 12.9 Å². The van der Waals surface area contributed by atoms with Crippen LogP contribution in [0.1, 0.15) is 58.8 Å². The summed E-state index contributed by atoms with van der Waals surface area (Å²) >= 11 is 0. The lowest BCUT2D eigenvalue weighted by Gasteiger charge is -1.89. The van der Waals surface area contributed by atoms with Gasteiger partial charge in [-0.25, -0.2) is 0 Å². The zero-order valence-electron chi connectivity index (χ0n) is 13.2. The third kappa shape index (κ3) is 25.5. The van der Waals surface area contributed by atoms with E-state index in [1.165, 1.54) is 19.3 Å². The van der Waals surface area contributed by atoms with E-state index in [9.17, 15) is 0 Å². The molecule has 0 aromatic rings. The first-order valence-corrected chi connectivity index (χ1v) is 7.70. The van der Waals surface area contributed by atoms with Crippen molar-refractivity contribution in [3.63, 3.8) is 0 Å². The molecule has 0 aromatic heterocycles. The fraction of sp³-hybridized carbons (Fsp3) is 0.556. The molecule has 0 radical (unpaired) electrons. The first kappa shape index (κ1) is 21.0. The highest BCUT2D eigenvalue weighted by atomic mass is 16.2. The highest BCUT2D eigenvalue weighted by molar-refractivity contribution is 4.98. The van der Waals surface area contributed by atoms with E-state index in [4.69, 9.17) is 10.2 Å². The number of aliphatic hydroxyl groups excluding tert-OH is 2. The fourth-order valence-corrected chi connectivity index (χ4v) is 1.41. The average Bonchev–Trinajstić information content (AvgIpc) is 2.47. The van der Waals surface area contributed by atoms with E-state index in [2.05, 4.69) is 32.1 Å². The van der Waals surface area contributed by atoms with E-state index in [1.807, 2.05) is 12.2 Å². The molecule has 0 aliphatic rings. The molecule has 0 saturated heterocycles.